The summed E-state index contributed by atoms with van der Waals surface area (Å²) in [6.45, 7) is 0.556. The second kappa shape index (κ2) is 3.83. The molecule has 1 amide bonds. The van der Waals surface area contributed by atoms with Gasteiger partial charge < -0.3 is 15.0 Å². The monoisotopic (exact) mass is 245 g/mol. The molecule has 0 unspecified atom stereocenters. The van der Waals surface area contributed by atoms with Gasteiger partial charge in [0.05, 0.1) is 6.54 Å². The van der Waals surface area contributed by atoms with Crippen molar-refractivity contribution in [3.05, 3.63) is 39.8 Å². The number of hydrogen-bond acceptors (Lipinski definition) is 3. The molecule has 0 fully saturated rings. The molecule has 3 rings (SSSR count). The van der Waals surface area contributed by atoms with Crippen molar-refractivity contribution in [3.63, 3.8) is 0 Å². The minimum absolute atomic E-state index is 0.144. The summed E-state index contributed by atoms with van der Waals surface area (Å²) < 4.78 is 0. The second-order valence-corrected chi connectivity index (χ2v) is 4.26. The van der Waals surface area contributed by atoms with Crippen LogP contribution < -0.4 is 5.56 Å². The number of H-pyrrole nitrogens is 1. The van der Waals surface area contributed by atoms with Crippen molar-refractivity contribution in [2.75, 3.05) is 6.54 Å². The van der Waals surface area contributed by atoms with Gasteiger partial charge in [-0.15, -0.1) is 0 Å². The summed E-state index contributed by atoms with van der Waals surface area (Å²) in [5, 5.41) is 9.87. The van der Waals surface area contributed by atoms with Gasteiger partial charge in [-0.2, -0.15) is 0 Å². The largest absolute Gasteiger partial charge is 0.465 e. The molecule has 1 aliphatic heterocycles. The van der Waals surface area contributed by atoms with Crippen LogP contribution in [0, 0.1) is 0 Å². The van der Waals surface area contributed by atoms with Crippen LogP contribution in [0.2, 0.25) is 0 Å². The SMILES string of the molecule is O=C(O)N1CCc2c(c(=O)[nH]c3ncccc23)C1. The Morgan fingerprint density at radius 2 is 2.28 bits per heavy atom. The summed E-state index contributed by atoms with van der Waals surface area (Å²) in [5.74, 6) is 0. The molecule has 3 heterocycles. The first-order valence-corrected chi connectivity index (χ1v) is 5.63. The van der Waals surface area contributed by atoms with E-state index >= 15 is 0 Å². The number of nitrogens with one attached hydrogen (secondary N) is 1. The molecule has 1 aliphatic rings. The first-order valence-electron chi connectivity index (χ1n) is 5.63. The van der Waals surface area contributed by atoms with Gasteiger partial charge in [0.1, 0.15) is 5.65 Å². The summed E-state index contributed by atoms with van der Waals surface area (Å²) in [6, 6.07) is 3.71. The molecule has 0 bridgehead atoms. The molecule has 0 aromatic carbocycles. The van der Waals surface area contributed by atoms with E-state index in [-0.39, 0.29) is 12.1 Å². The fraction of sp³-hybridized carbons (Fsp3) is 0.250. The molecule has 0 atom stereocenters. The molecule has 0 spiro atoms. The topological polar surface area (TPSA) is 86.3 Å². The Kier molecular flexibility index (Phi) is 2.29. The minimum atomic E-state index is -0.994. The van der Waals surface area contributed by atoms with Gasteiger partial charge in [0.15, 0.2) is 0 Å². The van der Waals surface area contributed by atoms with E-state index < -0.39 is 6.09 Å². The smallest absolute Gasteiger partial charge is 0.407 e. The van der Waals surface area contributed by atoms with Gasteiger partial charge in [0.2, 0.25) is 0 Å². The summed E-state index contributed by atoms with van der Waals surface area (Å²) >= 11 is 0. The zero-order valence-corrected chi connectivity index (χ0v) is 9.51. The Morgan fingerprint density at radius 3 is 3.06 bits per heavy atom. The van der Waals surface area contributed by atoms with E-state index in [0.717, 1.165) is 10.9 Å². The molecule has 0 radical (unpaired) electrons. The summed E-state index contributed by atoms with van der Waals surface area (Å²) in [6.07, 6.45) is 1.18. The van der Waals surface area contributed by atoms with Gasteiger partial charge in [-0.1, -0.05) is 0 Å². The molecule has 6 heteroatoms. The van der Waals surface area contributed by atoms with Gasteiger partial charge in [-0.3, -0.25) is 4.79 Å². The van der Waals surface area contributed by atoms with Gasteiger partial charge in [0, 0.05) is 23.7 Å². The van der Waals surface area contributed by atoms with Crippen molar-refractivity contribution in [2.24, 2.45) is 0 Å². The Hall–Kier alpha value is -2.37. The lowest BCUT2D eigenvalue weighted by molar-refractivity contribution is 0.140. The van der Waals surface area contributed by atoms with E-state index in [9.17, 15) is 9.59 Å². The van der Waals surface area contributed by atoms with E-state index in [1.807, 2.05) is 12.1 Å². The van der Waals surface area contributed by atoms with Crippen molar-refractivity contribution < 1.29 is 9.90 Å². The molecule has 6 nitrogen and oxygen atoms in total. The number of aromatic nitrogens is 2. The van der Waals surface area contributed by atoms with Crippen molar-refractivity contribution in [1.29, 1.82) is 0 Å². The lowest BCUT2D eigenvalue weighted by atomic mass is 9.98. The highest BCUT2D eigenvalue weighted by Crippen LogP contribution is 2.22. The number of aromatic amines is 1. The van der Waals surface area contributed by atoms with Gasteiger partial charge >= 0.3 is 6.09 Å². The molecule has 2 N–H and O–H groups in total. The molecular formula is C12H11N3O3. The van der Waals surface area contributed by atoms with Crippen LogP contribution >= 0.6 is 0 Å². The summed E-state index contributed by atoms with van der Waals surface area (Å²) in [4.78, 5) is 30.9. The predicted molar refractivity (Wildman–Crippen MR) is 64.5 cm³/mol. The number of rotatable bonds is 0. The Balaban J connectivity index is 2.22. The molecule has 0 aliphatic carbocycles. The first-order chi connectivity index (χ1) is 8.66. The average molecular weight is 245 g/mol. The van der Waals surface area contributed by atoms with E-state index in [1.165, 1.54) is 4.90 Å². The van der Waals surface area contributed by atoms with Crippen LogP contribution in [0.25, 0.3) is 11.0 Å². The maximum absolute atomic E-state index is 11.9. The number of carbonyl (C=O) groups is 1. The van der Waals surface area contributed by atoms with Crippen LogP contribution in [-0.2, 0) is 13.0 Å². The highest BCUT2D eigenvalue weighted by Gasteiger charge is 2.24. The zero-order valence-electron chi connectivity index (χ0n) is 9.51. The number of nitrogens with zero attached hydrogens (tertiary/aromatic N) is 2. The molecule has 18 heavy (non-hydrogen) atoms. The zero-order chi connectivity index (χ0) is 12.7. The number of pyridine rings is 2. The van der Waals surface area contributed by atoms with Crippen LogP contribution in [-0.4, -0.2) is 32.6 Å². The van der Waals surface area contributed by atoms with E-state index in [1.54, 1.807) is 6.20 Å². The van der Waals surface area contributed by atoms with Crippen molar-refractivity contribution in [1.82, 2.24) is 14.9 Å². The lowest BCUT2D eigenvalue weighted by Gasteiger charge is -2.26. The number of amides is 1. The third-order valence-corrected chi connectivity index (χ3v) is 3.25. The van der Waals surface area contributed by atoms with Gasteiger partial charge in [0.25, 0.3) is 5.56 Å². The minimum Gasteiger partial charge on any atom is -0.465 e. The van der Waals surface area contributed by atoms with Gasteiger partial charge in [-0.25, -0.2) is 9.78 Å². The Bertz CT molecular complexity index is 693. The summed E-state index contributed by atoms with van der Waals surface area (Å²) in [7, 11) is 0. The second-order valence-electron chi connectivity index (χ2n) is 4.26. The quantitative estimate of drug-likeness (QED) is 0.723. The molecular weight excluding hydrogens is 234 g/mol. The normalized spacial score (nSPS) is 14.6. The maximum atomic E-state index is 11.9. The molecule has 0 saturated carbocycles. The van der Waals surface area contributed by atoms with E-state index in [2.05, 4.69) is 9.97 Å². The van der Waals surface area contributed by atoms with E-state index in [4.69, 9.17) is 5.11 Å². The molecule has 2 aromatic rings. The number of fused-ring (bicyclic) bond motifs is 3. The van der Waals surface area contributed by atoms with Crippen molar-refractivity contribution >= 4 is 17.1 Å². The Morgan fingerprint density at radius 1 is 1.44 bits per heavy atom. The van der Waals surface area contributed by atoms with E-state index in [0.29, 0.717) is 24.2 Å². The molecule has 0 saturated heterocycles. The highest BCUT2D eigenvalue weighted by molar-refractivity contribution is 5.80. The standard InChI is InChI=1S/C12H11N3O3/c16-11-9-6-15(12(17)18)5-3-7(9)8-2-1-4-13-10(8)14-11/h1-2,4H,3,5-6H2,(H,17,18)(H,13,14,16). The van der Waals surface area contributed by atoms with Gasteiger partial charge in [-0.05, 0) is 24.1 Å². The molecule has 92 valence electrons. The fourth-order valence-corrected chi connectivity index (χ4v) is 2.36. The van der Waals surface area contributed by atoms with Crippen LogP contribution in [0.3, 0.4) is 0 Å². The van der Waals surface area contributed by atoms with Crippen LogP contribution in [0.5, 0.6) is 0 Å². The highest BCUT2D eigenvalue weighted by atomic mass is 16.4. The summed E-state index contributed by atoms with van der Waals surface area (Å²) in [5.41, 5.74) is 1.76. The third-order valence-electron chi connectivity index (χ3n) is 3.25. The number of hydrogen-bond donors (Lipinski definition) is 2. The average Bonchev–Trinajstić information content (AvgIpc) is 2.38. The third kappa shape index (κ3) is 1.54. The fourth-order valence-electron chi connectivity index (χ4n) is 2.36. The van der Waals surface area contributed by atoms with Crippen molar-refractivity contribution in [3.8, 4) is 0 Å². The Labute approximate surface area is 102 Å². The lowest BCUT2D eigenvalue weighted by Crippen LogP contribution is -2.38. The molecule has 2 aromatic heterocycles. The van der Waals surface area contributed by atoms with Crippen LogP contribution in [0.15, 0.2) is 23.1 Å². The van der Waals surface area contributed by atoms with Crippen LogP contribution in [0.4, 0.5) is 4.79 Å². The maximum Gasteiger partial charge on any atom is 0.407 e. The van der Waals surface area contributed by atoms with Crippen molar-refractivity contribution in [2.45, 2.75) is 13.0 Å². The number of carboxylic acid groups (broad SMARTS) is 1. The van der Waals surface area contributed by atoms with Crippen LogP contribution in [0.1, 0.15) is 11.1 Å². The first kappa shape index (κ1) is 10.8. The predicted octanol–water partition coefficient (Wildman–Crippen LogP) is 0.959.